The lowest BCUT2D eigenvalue weighted by Gasteiger charge is -2.07. The second-order valence-electron chi connectivity index (χ2n) is 3.94. The van der Waals surface area contributed by atoms with E-state index in [0.29, 0.717) is 12.0 Å². The fourth-order valence-corrected chi connectivity index (χ4v) is 0.989. The lowest BCUT2D eigenvalue weighted by Crippen LogP contribution is -2.14. The quantitative estimate of drug-likeness (QED) is 0.599. The molecule has 0 aliphatic rings. The molecule has 2 heteroatoms. The summed E-state index contributed by atoms with van der Waals surface area (Å²) in [5.41, 5.74) is 5.61. The van der Waals surface area contributed by atoms with Gasteiger partial charge in [0.2, 0.25) is 0 Å². The molecule has 0 heterocycles. The molecule has 0 aromatic heterocycles. The molecular formula is C10H23NO. The third-order valence-corrected chi connectivity index (χ3v) is 1.65. The van der Waals surface area contributed by atoms with E-state index in [9.17, 15) is 0 Å². The zero-order chi connectivity index (χ0) is 9.40. The SMILES string of the molecule is CC(C)COCCCCC(C)N. The second kappa shape index (κ2) is 7.56. The highest BCUT2D eigenvalue weighted by atomic mass is 16.5. The van der Waals surface area contributed by atoms with Crippen molar-refractivity contribution in [3.8, 4) is 0 Å². The van der Waals surface area contributed by atoms with Gasteiger partial charge in [-0.25, -0.2) is 0 Å². The molecule has 0 rings (SSSR count). The van der Waals surface area contributed by atoms with Crippen molar-refractivity contribution in [2.24, 2.45) is 11.7 Å². The first-order valence-corrected chi connectivity index (χ1v) is 4.96. The Kier molecular flexibility index (Phi) is 7.51. The first-order chi connectivity index (χ1) is 5.63. The van der Waals surface area contributed by atoms with Crippen LogP contribution >= 0.6 is 0 Å². The smallest absolute Gasteiger partial charge is 0.0488 e. The molecule has 0 bridgehead atoms. The minimum absolute atomic E-state index is 0.343. The number of unbranched alkanes of at least 4 members (excludes halogenated alkanes) is 1. The molecule has 0 fully saturated rings. The molecule has 74 valence electrons. The Labute approximate surface area is 76.5 Å². The van der Waals surface area contributed by atoms with Crippen LogP contribution in [0.1, 0.15) is 40.0 Å². The molecule has 2 nitrogen and oxygen atoms in total. The number of nitrogens with two attached hydrogens (primary N) is 1. The van der Waals surface area contributed by atoms with Crippen LogP contribution in [-0.4, -0.2) is 19.3 Å². The number of hydrogen-bond acceptors (Lipinski definition) is 2. The van der Waals surface area contributed by atoms with E-state index in [1.807, 2.05) is 0 Å². The zero-order valence-corrected chi connectivity index (χ0v) is 8.68. The summed E-state index contributed by atoms with van der Waals surface area (Å²) in [6.45, 7) is 8.17. The van der Waals surface area contributed by atoms with Crippen LogP contribution in [0.2, 0.25) is 0 Å². The van der Waals surface area contributed by atoms with E-state index in [-0.39, 0.29) is 0 Å². The van der Waals surface area contributed by atoms with Gasteiger partial charge in [-0.1, -0.05) is 13.8 Å². The van der Waals surface area contributed by atoms with E-state index in [4.69, 9.17) is 10.5 Å². The molecule has 0 aliphatic heterocycles. The number of ether oxygens (including phenoxy) is 1. The monoisotopic (exact) mass is 173 g/mol. The molecule has 2 N–H and O–H groups in total. The van der Waals surface area contributed by atoms with Crippen molar-refractivity contribution in [3.05, 3.63) is 0 Å². The van der Waals surface area contributed by atoms with Crippen molar-refractivity contribution in [2.75, 3.05) is 13.2 Å². The maximum Gasteiger partial charge on any atom is 0.0488 e. The molecule has 1 atom stereocenters. The summed E-state index contributed by atoms with van der Waals surface area (Å²) in [4.78, 5) is 0. The predicted octanol–water partition coefficient (Wildman–Crippen LogP) is 2.18. The zero-order valence-electron chi connectivity index (χ0n) is 8.68. The summed E-state index contributed by atoms with van der Waals surface area (Å²) in [6.07, 6.45) is 3.45. The van der Waals surface area contributed by atoms with E-state index in [1.54, 1.807) is 0 Å². The molecule has 0 amide bonds. The van der Waals surface area contributed by atoms with Gasteiger partial charge in [-0.05, 0) is 32.1 Å². The van der Waals surface area contributed by atoms with Gasteiger partial charge in [-0.3, -0.25) is 0 Å². The van der Waals surface area contributed by atoms with Crippen LogP contribution in [0.3, 0.4) is 0 Å². The Bertz CT molecular complexity index is 79.8. The first kappa shape index (κ1) is 11.9. The summed E-state index contributed by atoms with van der Waals surface area (Å²) in [7, 11) is 0. The summed E-state index contributed by atoms with van der Waals surface area (Å²) in [5, 5.41) is 0. The van der Waals surface area contributed by atoms with Gasteiger partial charge >= 0.3 is 0 Å². The fraction of sp³-hybridized carbons (Fsp3) is 1.00. The standard InChI is InChI=1S/C10H23NO/c1-9(2)8-12-7-5-4-6-10(3)11/h9-10H,4-8,11H2,1-3H3. The highest BCUT2D eigenvalue weighted by molar-refractivity contribution is 4.52. The molecule has 0 spiro atoms. The van der Waals surface area contributed by atoms with Gasteiger partial charge < -0.3 is 10.5 Å². The Morgan fingerprint density at radius 1 is 1.17 bits per heavy atom. The van der Waals surface area contributed by atoms with E-state index in [0.717, 1.165) is 26.1 Å². The lowest BCUT2D eigenvalue weighted by molar-refractivity contribution is 0.106. The molecule has 0 aromatic rings. The van der Waals surface area contributed by atoms with E-state index >= 15 is 0 Å². The Morgan fingerprint density at radius 2 is 1.83 bits per heavy atom. The Hall–Kier alpha value is -0.0800. The van der Waals surface area contributed by atoms with Crippen LogP contribution < -0.4 is 5.73 Å². The van der Waals surface area contributed by atoms with Gasteiger partial charge in [0, 0.05) is 19.3 Å². The predicted molar refractivity (Wildman–Crippen MR) is 53.2 cm³/mol. The van der Waals surface area contributed by atoms with Crippen molar-refractivity contribution in [1.29, 1.82) is 0 Å². The minimum Gasteiger partial charge on any atom is -0.381 e. The average molecular weight is 173 g/mol. The van der Waals surface area contributed by atoms with Gasteiger partial charge in [0.25, 0.3) is 0 Å². The molecule has 1 unspecified atom stereocenters. The van der Waals surface area contributed by atoms with Crippen LogP contribution in [0.5, 0.6) is 0 Å². The van der Waals surface area contributed by atoms with Crippen molar-refractivity contribution >= 4 is 0 Å². The third-order valence-electron chi connectivity index (χ3n) is 1.65. The van der Waals surface area contributed by atoms with Crippen LogP contribution in [-0.2, 0) is 4.74 Å². The van der Waals surface area contributed by atoms with Gasteiger partial charge in [-0.15, -0.1) is 0 Å². The van der Waals surface area contributed by atoms with Gasteiger partial charge in [0.05, 0.1) is 0 Å². The van der Waals surface area contributed by atoms with Crippen molar-refractivity contribution in [3.63, 3.8) is 0 Å². The maximum atomic E-state index is 5.61. The minimum atomic E-state index is 0.343. The van der Waals surface area contributed by atoms with Crippen LogP contribution in [0.15, 0.2) is 0 Å². The van der Waals surface area contributed by atoms with Crippen molar-refractivity contribution in [2.45, 2.75) is 46.1 Å². The molecular weight excluding hydrogens is 150 g/mol. The summed E-state index contributed by atoms with van der Waals surface area (Å²) in [5.74, 6) is 0.651. The van der Waals surface area contributed by atoms with Crippen LogP contribution in [0.25, 0.3) is 0 Å². The van der Waals surface area contributed by atoms with Gasteiger partial charge in [0.1, 0.15) is 0 Å². The Morgan fingerprint density at radius 3 is 2.33 bits per heavy atom. The first-order valence-electron chi connectivity index (χ1n) is 4.96. The highest BCUT2D eigenvalue weighted by Gasteiger charge is 1.95. The lowest BCUT2D eigenvalue weighted by atomic mass is 10.1. The number of rotatable bonds is 7. The van der Waals surface area contributed by atoms with E-state index in [1.165, 1.54) is 6.42 Å². The highest BCUT2D eigenvalue weighted by Crippen LogP contribution is 2.00. The third kappa shape index (κ3) is 9.92. The normalized spacial score (nSPS) is 13.8. The fourth-order valence-electron chi connectivity index (χ4n) is 0.989. The van der Waals surface area contributed by atoms with Crippen molar-refractivity contribution in [1.82, 2.24) is 0 Å². The average Bonchev–Trinajstić information content (AvgIpc) is 1.95. The molecule has 0 aromatic carbocycles. The largest absolute Gasteiger partial charge is 0.381 e. The second-order valence-corrected chi connectivity index (χ2v) is 3.94. The van der Waals surface area contributed by atoms with E-state index in [2.05, 4.69) is 20.8 Å². The molecule has 0 aliphatic carbocycles. The Balaban J connectivity index is 2.91. The molecule has 0 radical (unpaired) electrons. The molecule has 0 saturated heterocycles. The maximum absolute atomic E-state index is 5.61. The van der Waals surface area contributed by atoms with Crippen molar-refractivity contribution < 1.29 is 4.74 Å². The van der Waals surface area contributed by atoms with Gasteiger partial charge in [-0.2, -0.15) is 0 Å². The topological polar surface area (TPSA) is 35.2 Å². The van der Waals surface area contributed by atoms with E-state index < -0.39 is 0 Å². The summed E-state index contributed by atoms with van der Waals surface area (Å²) in [6, 6.07) is 0.343. The summed E-state index contributed by atoms with van der Waals surface area (Å²) >= 11 is 0. The molecule has 12 heavy (non-hydrogen) atoms. The van der Waals surface area contributed by atoms with Crippen LogP contribution in [0.4, 0.5) is 0 Å². The van der Waals surface area contributed by atoms with Crippen LogP contribution in [0, 0.1) is 5.92 Å². The number of hydrogen-bond donors (Lipinski definition) is 1. The summed E-state index contributed by atoms with van der Waals surface area (Å²) < 4.78 is 5.44. The molecule has 0 saturated carbocycles. The van der Waals surface area contributed by atoms with Gasteiger partial charge in [0.15, 0.2) is 0 Å².